The molecule has 3 rings (SSSR count). The topological polar surface area (TPSA) is 83.6 Å². The van der Waals surface area contributed by atoms with E-state index >= 15 is 0 Å². The highest BCUT2D eigenvalue weighted by Gasteiger charge is 2.22. The van der Waals surface area contributed by atoms with Crippen molar-refractivity contribution in [3.63, 3.8) is 0 Å². The van der Waals surface area contributed by atoms with E-state index < -0.39 is 6.17 Å². The summed E-state index contributed by atoms with van der Waals surface area (Å²) >= 11 is 0. The molecule has 0 bridgehead atoms. The minimum absolute atomic E-state index is 0.0755. The van der Waals surface area contributed by atoms with E-state index in [1.54, 1.807) is 19.4 Å². The molecule has 1 aromatic carbocycles. The molecule has 1 saturated heterocycles. The number of nitrogens with zero attached hydrogens (tertiary/aromatic N) is 3. The van der Waals surface area contributed by atoms with Crippen LogP contribution in [-0.4, -0.2) is 50.0 Å². The lowest BCUT2D eigenvalue weighted by atomic mass is 9.98. The van der Waals surface area contributed by atoms with Gasteiger partial charge in [0.25, 0.3) is 5.91 Å². The van der Waals surface area contributed by atoms with Crippen LogP contribution >= 0.6 is 0 Å². The highest BCUT2D eigenvalue weighted by molar-refractivity contribution is 6.12. The summed E-state index contributed by atoms with van der Waals surface area (Å²) in [5.74, 6) is -0.365. The van der Waals surface area contributed by atoms with Crippen LogP contribution in [0, 0.1) is 6.92 Å². The number of aromatic nitrogens is 1. The average molecular weight is 395 g/mol. The summed E-state index contributed by atoms with van der Waals surface area (Å²) in [6.45, 7) is 3.18. The van der Waals surface area contributed by atoms with Gasteiger partial charge in [-0.15, -0.1) is 0 Å². The molecule has 6 nitrogen and oxygen atoms in total. The van der Waals surface area contributed by atoms with Crippen molar-refractivity contribution >= 4 is 17.3 Å². The van der Waals surface area contributed by atoms with E-state index in [1.165, 1.54) is 13.1 Å². The predicted molar refractivity (Wildman–Crippen MR) is 115 cm³/mol. The van der Waals surface area contributed by atoms with Gasteiger partial charge in [-0.05, 0) is 48.7 Å². The van der Waals surface area contributed by atoms with Gasteiger partial charge in [-0.2, -0.15) is 0 Å². The maximum absolute atomic E-state index is 13.6. The maximum atomic E-state index is 13.6. The summed E-state index contributed by atoms with van der Waals surface area (Å²) in [6.07, 6.45) is 4.80. The summed E-state index contributed by atoms with van der Waals surface area (Å²) < 4.78 is 13.6. The van der Waals surface area contributed by atoms with Crippen LogP contribution in [0.4, 0.5) is 10.1 Å². The van der Waals surface area contributed by atoms with Crippen molar-refractivity contribution in [3.05, 3.63) is 59.6 Å². The minimum Gasteiger partial charge on any atom is -0.394 e. The van der Waals surface area contributed by atoms with Crippen molar-refractivity contribution in [2.24, 2.45) is 10.7 Å². The fourth-order valence-corrected chi connectivity index (χ4v) is 3.43. The molecule has 2 heterocycles. The van der Waals surface area contributed by atoms with Gasteiger partial charge in [0.15, 0.2) is 0 Å². The van der Waals surface area contributed by atoms with Crippen LogP contribution in [0.5, 0.6) is 0 Å². The molecule has 3 N–H and O–H groups in total. The molecule has 0 radical (unpaired) electrons. The number of aliphatic imine (C=N–C) groups is 1. The Morgan fingerprint density at radius 1 is 1.38 bits per heavy atom. The van der Waals surface area contributed by atoms with Gasteiger partial charge in [0.2, 0.25) is 0 Å². The molecule has 1 fully saturated rings. The van der Waals surface area contributed by atoms with Crippen LogP contribution in [0.2, 0.25) is 0 Å². The number of carbonyl (C=O) groups excluding carboxylic acids is 1. The largest absolute Gasteiger partial charge is 0.394 e. The number of carbonyl (C=O) groups is 1. The van der Waals surface area contributed by atoms with Gasteiger partial charge in [0.05, 0.1) is 11.4 Å². The number of likely N-dealkylation sites (N-methyl/N-ethyl adjacent to an activating group) is 1. The quantitative estimate of drug-likeness (QED) is 0.602. The highest BCUT2D eigenvalue weighted by Crippen LogP contribution is 2.30. The molecule has 0 saturated carbocycles. The molecular weight excluding hydrogens is 369 g/mol. The zero-order chi connectivity index (χ0) is 21.0. The molecule has 1 aliphatic rings. The van der Waals surface area contributed by atoms with Gasteiger partial charge in [-0.25, -0.2) is 4.39 Å². The Balaban J connectivity index is 1.96. The summed E-state index contributed by atoms with van der Waals surface area (Å²) in [5, 5.41) is 2.49. The van der Waals surface area contributed by atoms with Crippen LogP contribution in [0.25, 0.3) is 11.1 Å². The number of allylic oxidation sites excluding steroid dienone is 1. The maximum Gasteiger partial charge on any atom is 0.266 e. The van der Waals surface area contributed by atoms with Crippen molar-refractivity contribution in [2.45, 2.75) is 19.5 Å². The van der Waals surface area contributed by atoms with E-state index in [9.17, 15) is 9.18 Å². The Bertz CT molecular complexity index is 969. The van der Waals surface area contributed by atoms with E-state index in [4.69, 9.17) is 5.73 Å². The van der Waals surface area contributed by atoms with Crippen LogP contribution < -0.4 is 16.0 Å². The van der Waals surface area contributed by atoms with E-state index in [2.05, 4.69) is 26.3 Å². The second kappa shape index (κ2) is 8.86. The van der Waals surface area contributed by atoms with Gasteiger partial charge in [0.1, 0.15) is 6.17 Å². The summed E-state index contributed by atoms with van der Waals surface area (Å²) in [4.78, 5) is 22.4. The number of nitrogens with two attached hydrogens (primary N) is 1. The molecule has 0 spiro atoms. The smallest absolute Gasteiger partial charge is 0.266 e. The van der Waals surface area contributed by atoms with Crippen LogP contribution in [0.1, 0.15) is 17.5 Å². The molecule has 1 aromatic heterocycles. The molecule has 1 atom stereocenters. The number of pyridine rings is 1. The van der Waals surface area contributed by atoms with Crippen molar-refractivity contribution in [1.82, 2.24) is 10.3 Å². The monoisotopic (exact) mass is 395 g/mol. The minimum atomic E-state index is -0.773. The summed E-state index contributed by atoms with van der Waals surface area (Å²) in [5.41, 5.74) is 11.3. The third-order valence-electron chi connectivity index (χ3n) is 5.08. The molecule has 1 amide bonds. The van der Waals surface area contributed by atoms with E-state index in [-0.39, 0.29) is 11.6 Å². The number of amides is 1. The molecule has 0 aliphatic carbocycles. The Morgan fingerprint density at radius 2 is 2.17 bits per heavy atom. The van der Waals surface area contributed by atoms with Crippen LogP contribution in [-0.2, 0) is 4.79 Å². The average Bonchev–Trinajstić information content (AvgIpc) is 3.17. The lowest BCUT2D eigenvalue weighted by Crippen LogP contribution is -2.25. The number of rotatable bonds is 5. The number of nitrogens with one attached hydrogen (secondary N) is 1. The third-order valence-corrected chi connectivity index (χ3v) is 5.08. The van der Waals surface area contributed by atoms with Gasteiger partial charge in [-0.3, -0.25) is 14.8 Å². The number of halogens is 1. The van der Waals surface area contributed by atoms with Gasteiger partial charge < -0.3 is 16.0 Å². The Labute approximate surface area is 170 Å². The zero-order valence-electron chi connectivity index (χ0n) is 16.9. The van der Waals surface area contributed by atoms with Crippen molar-refractivity contribution < 1.29 is 9.18 Å². The van der Waals surface area contributed by atoms with Crippen LogP contribution in [0.3, 0.4) is 0 Å². The molecule has 1 unspecified atom stereocenters. The zero-order valence-corrected chi connectivity index (χ0v) is 16.9. The number of alkyl halides is 1. The fraction of sp³-hybridized carbons (Fsp3) is 0.318. The lowest BCUT2D eigenvalue weighted by molar-refractivity contribution is -0.117. The Hall–Kier alpha value is -3.22. The lowest BCUT2D eigenvalue weighted by Gasteiger charge is -2.19. The van der Waals surface area contributed by atoms with E-state index in [0.29, 0.717) is 18.7 Å². The second-order valence-corrected chi connectivity index (χ2v) is 7.08. The normalized spacial score (nSPS) is 17.5. The number of aryl methyl sites for hydroxylation is 1. The Morgan fingerprint density at radius 3 is 2.83 bits per heavy atom. The number of hydrogen-bond donors (Lipinski definition) is 2. The molecule has 152 valence electrons. The molecule has 1 aliphatic heterocycles. The van der Waals surface area contributed by atoms with Gasteiger partial charge >= 0.3 is 0 Å². The number of anilines is 1. The molecule has 29 heavy (non-hydrogen) atoms. The van der Waals surface area contributed by atoms with Gasteiger partial charge in [-0.1, -0.05) is 6.07 Å². The summed E-state index contributed by atoms with van der Waals surface area (Å²) in [7, 11) is 3.16. The first-order valence-corrected chi connectivity index (χ1v) is 9.54. The predicted octanol–water partition coefficient (Wildman–Crippen LogP) is 2.61. The second-order valence-electron chi connectivity index (χ2n) is 7.08. The van der Waals surface area contributed by atoms with Crippen LogP contribution in [0.15, 0.2) is 53.4 Å². The first kappa shape index (κ1) is 20.5. The molecule has 2 aromatic rings. The van der Waals surface area contributed by atoms with Crippen molar-refractivity contribution in [1.29, 1.82) is 0 Å². The van der Waals surface area contributed by atoms with Crippen molar-refractivity contribution in [3.8, 4) is 11.1 Å². The number of hydrogen-bond acceptors (Lipinski definition) is 5. The first-order chi connectivity index (χ1) is 13.9. The standard InChI is InChI=1S/C22H26FN5O/c1-14-4-5-18(28-7-6-17(23)13-28)9-19(14)15-8-16(12-27-11-15)21(25-2)10-20(24)22(29)26-3/h4-5,8-12,17H,6-7,13,24H2,1-3H3,(H,26,29). The molecular formula is C22H26FN5O. The SMILES string of the molecule is CN=C(C=C(N)C(=O)NC)c1cncc(-c2cc(N3CCC(F)C3)ccc2C)c1. The Kier molecular flexibility index (Phi) is 6.26. The fourth-order valence-electron chi connectivity index (χ4n) is 3.43. The first-order valence-electron chi connectivity index (χ1n) is 9.54. The van der Waals surface area contributed by atoms with Crippen molar-refractivity contribution in [2.75, 3.05) is 32.1 Å². The van der Waals surface area contributed by atoms with E-state index in [0.717, 1.165) is 34.5 Å². The summed E-state index contributed by atoms with van der Waals surface area (Å²) in [6, 6.07) is 8.11. The highest BCUT2D eigenvalue weighted by atomic mass is 19.1. The van der Waals surface area contributed by atoms with Gasteiger partial charge in [0, 0.05) is 56.4 Å². The number of benzene rings is 1. The molecule has 7 heteroatoms. The van der Waals surface area contributed by atoms with E-state index in [1.807, 2.05) is 25.1 Å². The third kappa shape index (κ3) is 4.62.